The predicted octanol–water partition coefficient (Wildman–Crippen LogP) is 5.00. The first-order valence-electron chi connectivity index (χ1n) is 8.32. The van der Waals surface area contributed by atoms with Gasteiger partial charge in [0.2, 0.25) is 0 Å². The molecule has 0 atom stereocenters. The van der Waals surface area contributed by atoms with E-state index < -0.39 is 5.97 Å². The van der Waals surface area contributed by atoms with Crippen molar-refractivity contribution < 1.29 is 14.6 Å². The zero-order valence-corrected chi connectivity index (χ0v) is 14.4. The van der Waals surface area contributed by atoms with Gasteiger partial charge in [-0.05, 0) is 47.9 Å². The Kier molecular flexibility index (Phi) is 5.44. The average molecular weight is 345 g/mol. The fourth-order valence-electron chi connectivity index (χ4n) is 2.82. The first kappa shape index (κ1) is 17.4. The van der Waals surface area contributed by atoms with Gasteiger partial charge in [0.1, 0.15) is 5.75 Å². The molecule has 0 saturated carbocycles. The summed E-state index contributed by atoms with van der Waals surface area (Å²) in [5.41, 5.74) is 3.28. The maximum Gasteiger partial charge on any atom is 0.307 e. The van der Waals surface area contributed by atoms with Gasteiger partial charge in [-0.25, -0.2) is 0 Å². The predicted molar refractivity (Wildman–Crippen MR) is 103 cm³/mol. The number of fused-ring (bicyclic) bond motifs is 1. The molecule has 3 rings (SSSR count). The SMILES string of the molecule is C/C=C\C=C/Oc1cccc(-c2c(CC(=O)O)cnc3ccccc23)c1. The van der Waals surface area contributed by atoms with Crippen LogP contribution in [0.3, 0.4) is 0 Å². The third-order valence-electron chi connectivity index (χ3n) is 3.90. The smallest absolute Gasteiger partial charge is 0.307 e. The Morgan fingerprint density at radius 3 is 2.81 bits per heavy atom. The van der Waals surface area contributed by atoms with Crippen LogP contribution in [0.4, 0.5) is 0 Å². The Morgan fingerprint density at radius 2 is 2.00 bits per heavy atom. The van der Waals surface area contributed by atoms with E-state index in [1.54, 1.807) is 12.5 Å². The largest absolute Gasteiger partial charge is 0.481 e. The van der Waals surface area contributed by atoms with Crippen LogP contribution in [0.25, 0.3) is 22.0 Å². The van der Waals surface area contributed by atoms with Crippen molar-refractivity contribution in [3.8, 4) is 16.9 Å². The first-order valence-corrected chi connectivity index (χ1v) is 8.32. The molecule has 0 aliphatic carbocycles. The number of benzene rings is 2. The van der Waals surface area contributed by atoms with Gasteiger partial charge in [-0.1, -0.05) is 42.5 Å². The van der Waals surface area contributed by atoms with E-state index in [2.05, 4.69) is 4.98 Å². The molecule has 0 saturated heterocycles. The number of aliphatic carboxylic acids is 1. The van der Waals surface area contributed by atoms with E-state index in [4.69, 9.17) is 4.74 Å². The molecule has 4 nitrogen and oxygen atoms in total. The van der Waals surface area contributed by atoms with E-state index in [1.807, 2.05) is 73.7 Å². The Balaban J connectivity index is 2.10. The molecule has 130 valence electrons. The number of hydrogen-bond donors (Lipinski definition) is 1. The quantitative estimate of drug-likeness (QED) is 0.505. The van der Waals surface area contributed by atoms with Gasteiger partial charge in [0, 0.05) is 11.6 Å². The number of pyridine rings is 1. The van der Waals surface area contributed by atoms with Crippen LogP contribution < -0.4 is 4.74 Å². The molecule has 0 aliphatic heterocycles. The van der Waals surface area contributed by atoms with Crippen molar-refractivity contribution in [1.82, 2.24) is 4.98 Å². The highest BCUT2D eigenvalue weighted by Gasteiger charge is 2.14. The second-order valence-electron chi connectivity index (χ2n) is 5.75. The topological polar surface area (TPSA) is 59.4 Å². The monoisotopic (exact) mass is 345 g/mol. The Morgan fingerprint density at radius 1 is 1.15 bits per heavy atom. The Hall–Kier alpha value is -3.40. The van der Waals surface area contributed by atoms with Gasteiger partial charge in [-0.2, -0.15) is 0 Å². The minimum absolute atomic E-state index is 0.0839. The first-order chi connectivity index (χ1) is 12.7. The van der Waals surface area contributed by atoms with E-state index >= 15 is 0 Å². The van der Waals surface area contributed by atoms with Crippen molar-refractivity contribution in [1.29, 1.82) is 0 Å². The molecule has 1 aromatic heterocycles. The summed E-state index contributed by atoms with van der Waals surface area (Å²) in [6, 6.07) is 15.4. The molecule has 0 aliphatic rings. The fraction of sp³-hybridized carbons (Fsp3) is 0.0909. The summed E-state index contributed by atoms with van der Waals surface area (Å²) in [5.74, 6) is -0.199. The van der Waals surface area contributed by atoms with Crippen molar-refractivity contribution in [2.24, 2.45) is 0 Å². The van der Waals surface area contributed by atoms with Crippen LogP contribution in [-0.4, -0.2) is 16.1 Å². The van der Waals surface area contributed by atoms with Crippen molar-refractivity contribution in [2.45, 2.75) is 13.3 Å². The fourth-order valence-corrected chi connectivity index (χ4v) is 2.82. The molecule has 0 fully saturated rings. The summed E-state index contributed by atoms with van der Waals surface area (Å²) in [6.07, 6.45) is 8.78. The van der Waals surface area contributed by atoms with Crippen LogP contribution in [-0.2, 0) is 11.2 Å². The van der Waals surface area contributed by atoms with E-state index in [9.17, 15) is 9.90 Å². The minimum atomic E-state index is -0.884. The molecule has 0 unspecified atom stereocenters. The van der Waals surface area contributed by atoms with Gasteiger partial charge in [0.05, 0.1) is 18.2 Å². The number of carboxylic acids is 1. The van der Waals surface area contributed by atoms with Gasteiger partial charge in [-0.3, -0.25) is 9.78 Å². The molecule has 1 heterocycles. The normalized spacial score (nSPS) is 11.4. The highest BCUT2D eigenvalue weighted by atomic mass is 16.5. The summed E-state index contributed by atoms with van der Waals surface area (Å²) in [6.45, 7) is 1.93. The lowest BCUT2D eigenvalue weighted by atomic mass is 9.95. The van der Waals surface area contributed by atoms with E-state index in [1.165, 1.54) is 0 Å². The molecule has 3 aromatic rings. The van der Waals surface area contributed by atoms with Crippen molar-refractivity contribution in [3.05, 3.63) is 84.8 Å². The molecule has 0 radical (unpaired) electrons. The summed E-state index contributed by atoms with van der Waals surface area (Å²) in [4.78, 5) is 15.7. The molecule has 0 spiro atoms. The highest BCUT2D eigenvalue weighted by molar-refractivity contribution is 5.97. The number of allylic oxidation sites excluding steroid dienone is 3. The molecule has 0 bridgehead atoms. The Labute approximate surface area is 152 Å². The maximum absolute atomic E-state index is 11.3. The number of ether oxygens (including phenoxy) is 1. The lowest BCUT2D eigenvalue weighted by Gasteiger charge is -2.12. The van der Waals surface area contributed by atoms with Crippen LogP contribution in [0.15, 0.2) is 79.2 Å². The zero-order chi connectivity index (χ0) is 18.4. The summed E-state index contributed by atoms with van der Waals surface area (Å²) < 4.78 is 5.64. The highest BCUT2D eigenvalue weighted by Crippen LogP contribution is 2.33. The standard InChI is InChI=1S/C22H19NO3/c1-2-3-6-12-26-18-9-7-8-16(13-18)22-17(14-21(24)25)15-23-20-11-5-4-10-19(20)22/h2-13,15H,14H2,1H3,(H,24,25)/b3-2-,12-6-. The second kappa shape index (κ2) is 8.12. The van der Waals surface area contributed by atoms with E-state index in [0.717, 1.165) is 22.0 Å². The number of aromatic nitrogens is 1. The minimum Gasteiger partial charge on any atom is -0.481 e. The van der Waals surface area contributed by atoms with Gasteiger partial charge in [-0.15, -0.1) is 0 Å². The number of carboxylic acid groups (broad SMARTS) is 1. The van der Waals surface area contributed by atoms with Crippen LogP contribution >= 0.6 is 0 Å². The van der Waals surface area contributed by atoms with Crippen LogP contribution in [0.2, 0.25) is 0 Å². The number of nitrogens with zero attached hydrogens (tertiary/aromatic N) is 1. The number of hydrogen-bond acceptors (Lipinski definition) is 3. The molecule has 1 N–H and O–H groups in total. The van der Waals surface area contributed by atoms with Crippen LogP contribution in [0.1, 0.15) is 12.5 Å². The van der Waals surface area contributed by atoms with E-state index in [-0.39, 0.29) is 6.42 Å². The molecular weight excluding hydrogens is 326 g/mol. The van der Waals surface area contributed by atoms with Gasteiger partial charge in [0.15, 0.2) is 0 Å². The number of para-hydroxylation sites is 1. The zero-order valence-electron chi connectivity index (χ0n) is 14.4. The summed E-state index contributed by atoms with van der Waals surface area (Å²) in [7, 11) is 0. The number of carbonyl (C=O) groups is 1. The molecular formula is C22H19NO3. The van der Waals surface area contributed by atoms with Crippen molar-refractivity contribution in [2.75, 3.05) is 0 Å². The summed E-state index contributed by atoms with van der Waals surface area (Å²) in [5, 5.41) is 10.2. The molecule has 4 heteroatoms. The maximum atomic E-state index is 11.3. The lowest BCUT2D eigenvalue weighted by molar-refractivity contribution is -0.136. The average Bonchev–Trinajstić information content (AvgIpc) is 2.65. The van der Waals surface area contributed by atoms with E-state index in [0.29, 0.717) is 11.3 Å². The van der Waals surface area contributed by atoms with Crippen LogP contribution in [0.5, 0.6) is 5.75 Å². The third-order valence-corrected chi connectivity index (χ3v) is 3.90. The van der Waals surface area contributed by atoms with Crippen molar-refractivity contribution >= 4 is 16.9 Å². The third kappa shape index (κ3) is 3.98. The summed E-state index contributed by atoms with van der Waals surface area (Å²) >= 11 is 0. The van der Waals surface area contributed by atoms with Crippen molar-refractivity contribution in [3.63, 3.8) is 0 Å². The second-order valence-corrected chi connectivity index (χ2v) is 5.75. The van der Waals surface area contributed by atoms with Gasteiger partial charge >= 0.3 is 5.97 Å². The van der Waals surface area contributed by atoms with Gasteiger partial charge in [0.25, 0.3) is 0 Å². The molecule has 0 amide bonds. The molecule has 2 aromatic carbocycles. The lowest BCUT2D eigenvalue weighted by Crippen LogP contribution is -2.03. The number of rotatable bonds is 6. The Bertz CT molecular complexity index is 990. The van der Waals surface area contributed by atoms with Gasteiger partial charge < -0.3 is 9.84 Å². The van der Waals surface area contributed by atoms with Crippen LogP contribution in [0, 0.1) is 0 Å². The molecule has 26 heavy (non-hydrogen) atoms.